The smallest absolute Gasteiger partial charge is 0.126 e. The number of fused-ring (bicyclic) bond motifs is 1. The third-order valence-corrected chi connectivity index (χ3v) is 7.33. The van der Waals surface area contributed by atoms with E-state index in [0.29, 0.717) is 16.9 Å². The van der Waals surface area contributed by atoms with Crippen LogP contribution in [0.1, 0.15) is 18.1 Å². The monoisotopic (exact) mass is 330 g/mol. The third-order valence-electron chi connectivity index (χ3n) is 3.87. The summed E-state index contributed by atoms with van der Waals surface area (Å²) in [6.07, 6.45) is 1.21. The number of hydrogen-bond donors (Lipinski definition) is 1. The molecule has 2 heterocycles. The molecule has 1 saturated heterocycles. The minimum Gasteiger partial charge on any atom is -0.493 e. The Hall–Kier alpha value is -0.0300. The van der Waals surface area contributed by atoms with Crippen molar-refractivity contribution in [3.8, 4) is 5.75 Å². The molecule has 2 aliphatic rings. The van der Waals surface area contributed by atoms with Crippen molar-refractivity contribution in [1.29, 1.82) is 0 Å². The average Bonchev–Trinajstić information content (AvgIpc) is 2.87. The van der Waals surface area contributed by atoms with Crippen molar-refractivity contribution < 1.29 is 9.84 Å². The Morgan fingerprint density at radius 2 is 2.20 bits per heavy atom. The molecule has 110 valence electrons. The van der Waals surface area contributed by atoms with E-state index in [1.807, 2.05) is 35.7 Å². The van der Waals surface area contributed by atoms with Crippen molar-refractivity contribution in [2.75, 3.05) is 18.1 Å². The van der Waals surface area contributed by atoms with Gasteiger partial charge in [0.05, 0.1) is 12.7 Å². The molecule has 0 amide bonds. The van der Waals surface area contributed by atoms with Crippen LogP contribution in [-0.4, -0.2) is 39.8 Å². The maximum atomic E-state index is 10.6. The molecule has 0 aromatic heterocycles. The molecule has 0 radical (unpaired) electrons. The van der Waals surface area contributed by atoms with Crippen molar-refractivity contribution >= 4 is 35.1 Å². The van der Waals surface area contributed by atoms with Crippen LogP contribution in [0, 0.1) is 0 Å². The van der Waals surface area contributed by atoms with Gasteiger partial charge in [0.25, 0.3) is 0 Å². The number of halogens is 1. The first kappa shape index (κ1) is 14.9. The van der Waals surface area contributed by atoms with E-state index in [0.717, 1.165) is 35.1 Å². The Balaban J connectivity index is 1.77. The summed E-state index contributed by atoms with van der Waals surface area (Å²) in [4.78, 5) is 0. The lowest BCUT2D eigenvalue weighted by Crippen LogP contribution is -2.36. The SMILES string of the molecule is CC1SCCSC1C(O)Cc1cc(Cl)cc2c1OCC2. The highest BCUT2D eigenvalue weighted by atomic mass is 35.5. The van der Waals surface area contributed by atoms with E-state index >= 15 is 0 Å². The highest BCUT2D eigenvalue weighted by Crippen LogP contribution is 2.37. The highest BCUT2D eigenvalue weighted by molar-refractivity contribution is 8.07. The fourth-order valence-corrected chi connectivity index (χ4v) is 6.02. The van der Waals surface area contributed by atoms with Crippen molar-refractivity contribution in [3.63, 3.8) is 0 Å². The summed E-state index contributed by atoms with van der Waals surface area (Å²) in [5.74, 6) is 3.26. The molecule has 0 saturated carbocycles. The standard InChI is InChI=1S/C15H19ClO2S2/c1-9-15(20-5-4-19-9)13(17)8-11-7-12(16)6-10-2-3-18-14(10)11/h6-7,9,13,15,17H,2-5,8H2,1H3. The Morgan fingerprint density at radius 1 is 1.40 bits per heavy atom. The predicted molar refractivity (Wildman–Crippen MR) is 88.5 cm³/mol. The van der Waals surface area contributed by atoms with Gasteiger partial charge < -0.3 is 9.84 Å². The molecule has 1 aromatic rings. The highest BCUT2D eigenvalue weighted by Gasteiger charge is 2.30. The molecule has 3 rings (SSSR count). The molecular formula is C15H19ClO2S2. The Bertz CT molecular complexity index is 495. The summed E-state index contributed by atoms with van der Waals surface area (Å²) >= 11 is 10.0. The second-order valence-electron chi connectivity index (χ2n) is 5.33. The molecule has 0 aliphatic carbocycles. The van der Waals surface area contributed by atoms with E-state index in [1.165, 1.54) is 11.3 Å². The number of ether oxygens (including phenoxy) is 1. The lowest BCUT2D eigenvalue weighted by molar-refractivity contribution is 0.170. The van der Waals surface area contributed by atoms with E-state index < -0.39 is 0 Å². The van der Waals surface area contributed by atoms with Crippen LogP contribution in [0.25, 0.3) is 0 Å². The number of aliphatic hydroxyl groups is 1. The molecule has 3 unspecified atom stereocenters. The molecule has 20 heavy (non-hydrogen) atoms. The largest absolute Gasteiger partial charge is 0.493 e. The van der Waals surface area contributed by atoms with Crippen LogP contribution in [0.4, 0.5) is 0 Å². The summed E-state index contributed by atoms with van der Waals surface area (Å²) in [5.41, 5.74) is 2.24. The molecule has 5 heteroatoms. The first-order valence-corrected chi connectivity index (χ1v) is 9.48. The Kier molecular flexibility index (Phi) is 4.75. The van der Waals surface area contributed by atoms with Gasteiger partial charge in [-0.05, 0) is 23.3 Å². The van der Waals surface area contributed by atoms with Crippen molar-refractivity contribution in [2.24, 2.45) is 0 Å². The van der Waals surface area contributed by atoms with Crippen LogP contribution in [0.5, 0.6) is 5.75 Å². The minimum atomic E-state index is -0.338. The van der Waals surface area contributed by atoms with E-state index in [-0.39, 0.29) is 6.10 Å². The fraction of sp³-hybridized carbons (Fsp3) is 0.600. The van der Waals surface area contributed by atoms with Crippen molar-refractivity contribution in [3.05, 3.63) is 28.3 Å². The molecule has 1 fully saturated rings. The van der Waals surface area contributed by atoms with E-state index in [9.17, 15) is 5.11 Å². The van der Waals surface area contributed by atoms with Crippen LogP contribution in [0.3, 0.4) is 0 Å². The van der Waals surface area contributed by atoms with Crippen LogP contribution >= 0.6 is 35.1 Å². The summed E-state index contributed by atoms with van der Waals surface area (Å²) in [6.45, 7) is 2.94. The quantitative estimate of drug-likeness (QED) is 0.919. The van der Waals surface area contributed by atoms with E-state index in [2.05, 4.69) is 6.92 Å². The van der Waals surface area contributed by atoms with E-state index in [4.69, 9.17) is 16.3 Å². The average molecular weight is 331 g/mol. The Labute approximate surface area is 133 Å². The van der Waals surface area contributed by atoms with Crippen LogP contribution in [-0.2, 0) is 12.8 Å². The number of benzene rings is 1. The van der Waals surface area contributed by atoms with Crippen molar-refractivity contribution in [2.45, 2.75) is 36.4 Å². The zero-order chi connectivity index (χ0) is 14.1. The second kappa shape index (κ2) is 6.39. The molecule has 2 nitrogen and oxygen atoms in total. The van der Waals surface area contributed by atoms with Gasteiger partial charge in [-0.3, -0.25) is 0 Å². The first-order valence-electron chi connectivity index (χ1n) is 7.00. The minimum absolute atomic E-state index is 0.296. The molecule has 2 aliphatic heterocycles. The molecular weight excluding hydrogens is 312 g/mol. The first-order chi connectivity index (χ1) is 9.65. The van der Waals surface area contributed by atoms with Gasteiger partial charge in [0.15, 0.2) is 0 Å². The lowest BCUT2D eigenvalue weighted by atomic mass is 10.0. The number of rotatable bonds is 3. The van der Waals surface area contributed by atoms with Crippen molar-refractivity contribution in [1.82, 2.24) is 0 Å². The number of hydrogen-bond acceptors (Lipinski definition) is 4. The molecule has 0 bridgehead atoms. The summed E-state index contributed by atoms with van der Waals surface area (Å²) in [7, 11) is 0. The van der Waals surface area contributed by atoms with Gasteiger partial charge in [-0.15, -0.1) is 0 Å². The molecule has 1 aromatic carbocycles. The maximum Gasteiger partial charge on any atom is 0.126 e. The normalized spacial score (nSPS) is 26.9. The second-order valence-corrected chi connectivity index (χ2v) is 8.54. The lowest BCUT2D eigenvalue weighted by Gasteiger charge is -2.31. The van der Waals surface area contributed by atoms with Crippen LogP contribution in [0.2, 0.25) is 5.02 Å². The Morgan fingerprint density at radius 3 is 3.00 bits per heavy atom. The number of aliphatic hydroxyl groups excluding tert-OH is 1. The van der Waals surface area contributed by atoms with Gasteiger partial charge in [0, 0.05) is 39.9 Å². The van der Waals surface area contributed by atoms with Gasteiger partial charge >= 0.3 is 0 Å². The number of thioether (sulfide) groups is 2. The van der Waals surface area contributed by atoms with Gasteiger partial charge in [-0.1, -0.05) is 18.5 Å². The third kappa shape index (κ3) is 3.08. The van der Waals surface area contributed by atoms with Crippen LogP contribution < -0.4 is 4.74 Å². The fourth-order valence-electron chi connectivity index (χ4n) is 2.91. The summed E-state index contributed by atoms with van der Waals surface area (Å²) in [6, 6.07) is 3.92. The molecule has 1 N–H and O–H groups in total. The summed E-state index contributed by atoms with van der Waals surface area (Å²) < 4.78 is 5.72. The zero-order valence-electron chi connectivity index (χ0n) is 11.5. The molecule has 0 spiro atoms. The zero-order valence-corrected chi connectivity index (χ0v) is 13.9. The van der Waals surface area contributed by atoms with Crippen LogP contribution in [0.15, 0.2) is 12.1 Å². The topological polar surface area (TPSA) is 29.5 Å². The maximum absolute atomic E-state index is 10.6. The molecule has 3 atom stereocenters. The van der Waals surface area contributed by atoms with Gasteiger partial charge in [-0.25, -0.2) is 0 Å². The van der Waals surface area contributed by atoms with Gasteiger partial charge in [-0.2, -0.15) is 23.5 Å². The summed E-state index contributed by atoms with van der Waals surface area (Å²) in [5, 5.41) is 12.1. The van der Waals surface area contributed by atoms with E-state index in [1.54, 1.807) is 0 Å². The van der Waals surface area contributed by atoms with Gasteiger partial charge in [0.1, 0.15) is 5.75 Å². The predicted octanol–water partition coefficient (Wildman–Crippen LogP) is 3.42. The van der Waals surface area contributed by atoms with Gasteiger partial charge in [0.2, 0.25) is 0 Å².